The van der Waals surface area contributed by atoms with Crippen molar-refractivity contribution in [3.05, 3.63) is 52.8 Å². The number of halogens is 3. The first-order valence-electron chi connectivity index (χ1n) is 5.99. The van der Waals surface area contributed by atoms with Crippen LogP contribution in [0.25, 0.3) is 0 Å². The van der Waals surface area contributed by atoms with Gasteiger partial charge in [0.15, 0.2) is 0 Å². The van der Waals surface area contributed by atoms with Crippen molar-refractivity contribution in [1.82, 2.24) is 9.78 Å². The molecule has 2 aromatic rings. The van der Waals surface area contributed by atoms with Crippen LogP contribution in [-0.4, -0.2) is 9.78 Å². The smallest absolute Gasteiger partial charge is 0.271 e. The van der Waals surface area contributed by atoms with Crippen LogP contribution >= 0.6 is 0 Å². The van der Waals surface area contributed by atoms with E-state index in [1.807, 2.05) is 6.07 Å². The molecular formula is C14H12F3N3. The van der Waals surface area contributed by atoms with Crippen molar-refractivity contribution in [2.45, 2.75) is 19.0 Å². The second-order valence-corrected chi connectivity index (χ2v) is 4.44. The second-order valence-electron chi connectivity index (χ2n) is 4.44. The van der Waals surface area contributed by atoms with Crippen LogP contribution in [0.2, 0.25) is 0 Å². The summed E-state index contributed by atoms with van der Waals surface area (Å²) in [7, 11) is 1.74. The lowest BCUT2D eigenvalue weighted by molar-refractivity contribution is -0.137. The Kier molecular flexibility index (Phi) is 3.79. The average Bonchev–Trinajstić information content (AvgIpc) is 2.76. The van der Waals surface area contributed by atoms with Crippen molar-refractivity contribution in [3.8, 4) is 6.07 Å². The van der Waals surface area contributed by atoms with Gasteiger partial charge in [0.2, 0.25) is 0 Å². The minimum atomic E-state index is -4.31. The molecule has 2 rings (SSSR count). The van der Waals surface area contributed by atoms with Gasteiger partial charge in [-0.15, -0.1) is 0 Å². The maximum absolute atomic E-state index is 12.4. The molecule has 0 atom stereocenters. The Morgan fingerprint density at radius 2 is 1.85 bits per heavy atom. The molecule has 0 aliphatic rings. The highest BCUT2D eigenvalue weighted by Crippen LogP contribution is 2.29. The Bertz CT molecular complexity index is 633. The summed E-state index contributed by atoms with van der Waals surface area (Å²) in [5.74, 6) is 0. The first-order chi connectivity index (χ1) is 9.41. The van der Waals surface area contributed by atoms with E-state index >= 15 is 0 Å². The van der Waals surface area contributed by atoms with Crippen LogP contribution in [0.4, 0.5) is 13.2 Å². The fourth-order valence-electron chi connectivity index (χ4n) is 1.98. The van der Waals surface area contributed by atoms with Crippen LogP contribution in [0.5, 0.6) is 0 Å². The monoisotopic (exact) mass is 279 g/mol. The van der Waals surface area contributed by atoms with Gasteiger partial charge in [-0.25, -0.2) is 0 Å². The van der Waals surface area contributed by atoms with Crippen LogP contribution < -0.4 is 0 Å². The summed E-state index contributed by atoms with van der Waals surface area (Å²) >= 11 is 0. The first kappa shape index (κ1) is 14.1. The number of aryl methyl sites for hydroxylation is 2. The van der Waals surface area contributed by atoms with Gasteiger partial charge in [-0.05, 0) is 30.5 Å². The van der Waals surface area contributed by atoms with E-state index in [9.17, 15) is 13.2 Å². The lowest BCUT2D eigenvalue weighted by Crippen LogP contribution is -2.05. The third-order valence-electron chi connectivity index (χ3n) is 3.11. The van der Waals surface area contributed by atoms with Crippen molar-refractivity contribution in [2.75, 3.05) is 0 Å². The van der Waals surface area contributed by atoms with E-state index in [1.54, 1.807) is 11.7 Å². The number of nitriles is 1. The highest BCUT2D eigenvalue weighted by atomic mass is 19.4. The molecule has 0 fully saturated rings. The van der Waals surface area contributed by atoms with Crippen LogP contribution in [0.1, 0.15) is 22.4 Å². The molecule has 0 saturated heterocycles. The number of alkyl halides is 3. The van der Waals surface area contributed by atoms with Gasteiger partial charge in [-0.3, -0.25) is 4.68 Å². The minimum absolute atomic E-state index is 0.499. The minimum Gasteiger partial charge on any atom is -0.271 e. The standard InChI is InChI=1S/C14H12F3N3/c1-20-13(11(8-18)9-19-20)7-4-10-2-5-12(6-3-10)14(15,16)17/h2-3,5-6,9H,4,7H2,1H3. The summed E-state index contributed by atoms with van der Waals surface area (Å²) in [5.41, 5.74) is 1.43. The Morgan fingerprint density at radius 3 is 2.40 bits per heavy atom. The van der Waals surface area contributed by atoms with Crippen LogP contribution in [0, 0.1) is 11.3 Å². The Balaban J connectivity index is 2.08. The van der Waals surface area contributed by atoms with Crippen molar-refractivity contribution < 1.29 is 13.2 Å². The average molecular weight is 279 g/mol. The summed E-state index contributed by atoms with van der Waals surface area (Å²) in [6, 6.07) is 7.12. The summed E-state index contributed by atoms with van der Waals surface area (Å²) in [4.78, 5) is 0. The zero-order valence-electron chi connectivity index (χ0n) is 10.8. The number of aromatic nitrogens is 2. The lowest BCUT2D eigenvalue weighted by atomic mass is 10.0. The van der Waals surface area contributed by atoms with E-state index in [-0.39, 0.29) is 0 Å². The molecular weight excluding hydrogens is 267 g/mol. The van der Waals surface area contributed by atoms with E-state index < -0.39 is 11.7 Å². The van der Waals surface area contributed by atoms with Gasteiger partial charge in [0.1, 0.15) is 6.07 Å². The number of nitrogens with zero attached hydrogens (tertiary/aromatic N) is 3. The molecule has 1 aromatic carbocycles. The maximum Gasteiger partial charge on any atom is 0.416 e. The van der Waals surface area contributed by atoms with Crippen molar-refractivity contribution in [1.29, 1.82) is 5.26 Å². The maximum atomic E-state index is 12.4. The molecule has 0 radical (unpaired) electrons. The fourth-order valence-corrected chi connectivity index (χ4v) is 1.98. The molecule has 1 heterocycles. The van der Waals surface area contributed by atoms with Gasteiger partial charge in [0, 0.05) is 7.05 Å². The third-order valence-corrected chi connectivity index (χ3v) is 3.11. The number of hydrogen-bond acceptors (Lipinski definition) is 2. The molecule has 0 bridgehead atoms. The summed E-state index contributed by atoms with van der Waals surface area (Å²) in [5, 5.41) is 12.9. The fraction of sp³-hybridized carbons (Fsp3) is 0.286. The van der Waals surface area contributed by atoms with Gasteiger partial charge in [-0.2, -0.15) is 23.5 Å². The van der Waals surface area contributed by atoms with E-state index in [0.717, 1.165) is 23.4 Å². The van der Waals surface area contributed by atoms with Gasteiger partial charge in [0.05, 0.1) is 23.0 Å². The van der Waals surface area contributed by atoms with Crippen molar-refractivity contribution >= 4 is 0 Å². The molecule has 6 heteroatoms. The van der Waals surface area contributed by atoms with E-state index in [4.69, 9.17) is 5.26 Å². The molecule has 0 amide bonds. The molecule has 0 spiro atoms. The first-order valence-corrected chi connectivity index (χ1v) is 5.99. The summed E-state index contributed by atoms with van der Waals surface area (Å²) in [6.45, 7) is 0. The lowest BCUT2D eigenvalue weighted by Gasteiger charge is -2.08. The second kappa shape index (κ2) is 5.37. The number of rotatable bonds is 3. The molecule has 0 saturated carbocycles. The number of benzene rings is 1. The zero-order valence-corrected chi connectivity index (χ0v) is 10.8. The van der Waals surface area contributed by atoms with Gasteiger partial charge >= 0.3 is 6.18 Å². The van der Waals surface area contributed by atoms with Crippen LogP contribution in [0.3, 0.4) is 0 Å². The SMILES string of the molecule is Cn1ncc(C#N)c1CCc1ccc(C(F)(F)F)cc1. The Morgan fingerprint density at radius 1 is 1.20 bits per heavy atom. The Hall–Kier alpha value is -2.29. The molecule has 0 aliphatic carbocycles. The third kappa shape index (κ3) is 2.99. The molecule has 0 unspecified atom stereocenters. The highest BCUT2D eigenvalue weighted by molar-refractivity contribution is 5.32. The number of hydrogen-bond donors (Lipinski definition) is 0. The molecule has 0 aliphatic heterocycles. The Labute approximate surface area is 114 Å². The highest BCUT2D eigenvalue weighted by Gasteiger charge is 2.29. The predicted octanol–water partition coefficient (Wildman–Crippen LogP) is 3.10. The largest absolute Gasteiger partial charge is 0.416 e. The summed E-state index contributed by atoms with van der Waals surface area (Å²) < 4.78 is 38.9. The van der Waals surface area contributed by atoms with Gasteiger partial charge in [-0.1, -0.05) is 12.1 Å². The zero-order chi connectivity index (χ0) is 14.8. The molecule has 20 heavy (non-hydrogen) atoms. The van der Waals surface area contributed by atoms with Crippen molar-refractivity contribution in [2.24, 2.45) is 7.05 Å². The van der Waals surface area contributed by atoms with E-state index in [1.165, 1.54) is 18.3 Å². The normalized spacial score (nSPS) is 11.3. The molecule has 104 valence electrons. The van der Waals surface area contributed by atoms with Crippen molar-refractivity contribution in [3.63, 3.8) is 0 Å². The summed E-state index contributed by atoms with van der Waals surface area (Å²) in [6.07, 6.45) is -1.70. The van der Waals surface area contributed by atoms with E-state index in [2.05, 4.69) is 5.10 Å². The molecule has 0 N–H and O–H groups in total. The van der Waals surface area contributed by atoms with Crippen LogP contribution in [0.15, 0.2) is 30.5 Å². The molecule has 3 nitrogen and oxygen atoms in total. The predicted molar refractivity (Wildman–Crippen MR) is 66.8 cm³/mol. The van der Waals surface area contributed by atoms with Gasteiger partial charge in [0.25, 0.3) is 0 Å². The van der Waals surface area contributed by atoms with E-state index in [0.29, 0.717) is 18.4 Å². The van der Waals surface area contributed by atoms with Gasteiger partial charge < -0.3 is 0 Å². The van der Waals surface area contributed by atoms with Crippen LogP contribution in [-0.2, 0) is 26.1 Å². The quantitative estimate of drug-likeness (QED) is 0.866. The topological polar surface area (TPSA) is 41.6 Å². The molecule has 1 aromatic heterocycles.